The number of anilines is 1. The fourth-order valence-electron chi connectivity index (χ4n) is 3.74. The summed E-state index contributed by atoms with van der Waals surface area (Å²) in [6.07, 6.45) is 0.159. The Labute approximate surface area is 175 Å². The molecule has 0 saturated carbocycles. The van der Waals surface area contributed by atoms with Crippen molar-refractivity contribution < 1.29 is 9.59 Å². The van der Waals surface area contributed by atoms with Crippen molar-refractivity contribution in [2.75, 3.05) is 5.32 Å². The number of para-hydroxylation sites is 1. The Balaban J connectivity index is 1.63. The molecule has 1 aliphatic heterocycles. The van der Waals surface area contributed by atoms with E-state index in [9.17, 15) is 9.59 Å². The van der Waals surface area contributed by atoms with Crippen molar-refractivity contribution in [1.29, 1.82) is 0 Å². The van der Waals surface area contributed by atoms with Crippen LogP contribution in [0.4, 0.5) is 5.69 Å². The Morgan fingerprint density at radius 2 is 1.76 bits per heavy atom. The third kappa shape index (κ3) is 4.10. The summed E-state index contributed by atoms with van der Waals surface area (Å²) in [4.78, 5) is 26.5. The van der Waals surface area contributed by atoms with Crippen LogP contribution in [0.3, 0.4) is 0 Å². The molecular weight excluding hydrogens is 380 g/mol. The second-order valence-corrected chi connectivity index (χ2v) is 8.65. The van der Waals surface area contributed by atoms with Crippen LogP contribution in [0.1, 0.15) is 59.7 Å². The van der Waals surface area contributed by atoms with E-state index in [1.54, 1.807) is 11.3 Å². The van der Waals surface area contributed by atoms with Crippen LogP contribution < -0.4 is 10.6 Å². The van der Waals surface area contributed by atoms with Crippen LogP contribution in [-0.2, 0) is 9.59 Å². The summed E-state index contributed by atoms with van der Waals surface area (Å²) in [5.41, 5.74) is 3.89. The van der Waals surface area contributed by atoms with Crippen molar-refractivity contribution in [3.8, 4) is 0 Å². The van der Waals surface area contributed by atoms with Gasteiger partial charge in [0.15, 0.2) is 0 Å². The first-order valence-corrected chi connectivity index (χ1v) is 10.7. The van der Waals surface area contributed by atoms with Crippen molar-refractivity contribution in [1.82, 2.24) is 5.32 Å². The molecule has 3 aromatic rings. The molecule has 0 aliphatic carbocycles. The van der Waals surface area contributed by atoms with Gasteiger partial charge in [-0.1, -0.05) is 62.4 Å². The lowest BCUT2D eigenvalue weighted by Gasteiger charge is -2.27. The van der Waals surface area contributed by atoms with Crippen LogP contribution in [-0.4, -0.2) is 11.8 Å². The van der Waals surface area contributed by atoms with Gasteiger partial charge in [0.2, 0.25) is 11.8 Å². The number of thiophene rings is 1. The molecule has 148 valence electrons. The highest BCUT2D eigenvalue weighted by atomic mass is 32.1. The summed E-state index contributed by atoms with van der Waals surface area (Å²) in [5, 5.41) is 8.08. The maximum absolute atomic E-state index is 13.3. The first-order valence-electron chi connectivity index (χ1n) is 9.85. The van der Waals surface area contributed by atoms with E-state index < -0.39 is 5.92 Å². The van der Waals surface area contributed by atoms with E-state index in [2.05, 4.69) is 48.7 Å². The van der Waals surface area contributed by atoms with Crippen molar-refractivity contribution in [2.24, 2.45) is 0 Å². The molecule has 29 heavy (non-hydrogen) atoms. The minimum absolute atomic E-state index is 0.126. The third-order valence-electron chi connectivity index (χ3n) is 5.37. The fourth-order valence-corrected chi connectivity index (χ4v) is 4.54. The molecule has 0 fully saturated rings. The molecule has 0 spiro atoms. The lowest BCUT2D eigenvalue weighted by Crippen LogP contribution is -2.37. The number of amides is 2. The van der Waals surface area contributed by atoms with Gasteiger partial charge in [-0.15, -0.1) is 11.3 Å². The number of hydrogen-bond donors (Lipinski definition) is 2. The van der Waals surface area contributed by atoms with Gasteiger partial charge in [-0.3, -0.25) is 9.59 Å². The molecule has 4 rings (SSSR count). The number of fused-ring (bicyclic) bond motifs is 1. The summed E-state index contributed by atoms with van der Waals surface area (Å²) >= 11 is 1.62. The van der Waals surface area contributed by atoms with Gasteiger partial charge in [0.25, 0.3) is 0 Å². The maximum atomic E-state index is 13.3. The lowest BCUT2D eigenvalue weighted by atomic mass is 9.89. The zero-order chi connectivity index (χ0) is 20.4. The Morgan fingerprint density at radius 3 is 2.45 bits per heavy atom. The van der Waals surface area contributed by atoms with Crippen LogP contribution in [0.5, 0.6) is 0 Å². The zero-order valence-corrected chi connectivity index (χ0v) is 17.3. The molecule has 2 amide bonds. The van der Waals surface area contributed by atoms with Crippen LogP contribution in [0, 0.1) is 0 Å². The average molecular weight is 405 g/mol. The topological polar surface area (TPSA) is 58.2 Å². The highest BCUT2D eigenvalue weighted by Gasteiger charge is 2.32. The fraction of sp³-hybridized carbons (Fsp3) is 0.250. The molecule has 2 aromatic carbocycles. The predicted octanol–water partition coefficient (Wildman–Crippen LogP) is 5.20. The molecular formula is C24H24N2O2S. The van der Waals surface area contributed by atoms with Gasteiger partial charge in [-0.05, 0) is 40.1 Å². The van der Waals surface area contributed by atoms with Gasteiger partial charge in [-0.2, -0.15) is 0 Å². The summed E-state index contributed by atoms with van der Waals surface area (Å²) in [5.74, 6) is -0.287. The average Bonchev–Trinajstić information content (AvgIpc) is 3.25. The van der Waals surface area contributed by atoms with Crippen LogP contribution in [0.15, 0.2) is 66.0 Å². The number of nitrogens with one attached hydrogen (secondary N) is 2. The van der Waals surface area contributed by atoms with Gasteiger partial charge in [-0.25, -0.2) is 0 Å². The second-order valence-electron chi connectivity index (χ2n) is 7.67. The first kappa shape index (κ1) is 19.4. The van der Waals surface area contributed by atoms with E-state index in [1.807, 2.05) is 41.8 Å². The van der Waals surface area contributed by atoms with Crippen molar-refractivity contribution in [2.45, 2.75) is 38.1 Å². The summed E-state index contributed by atoms with van der Waals surface area (Å²) in [7, 11) is 0. The normalized spacial score (nSPS) is 16.8. The van der Waals surface area contributed by atoms with Crippen molar-refractivity contribution >= 4 is 28.8 Å². The summed E-state index contributed by atoms with van der Waals surface area (Å²) < 4.78 is 0. The van der Waals surface area contributed by atoms with Crippen molar-refractivity contribution in [3.63, 3.8) is 0 Å². The van der Waals surface area contributed by atoms with Gasteiger partial charge >= 0.3 is 0 Å². The molecule has 0 bridgehead atoms. The molecule has 1 aromatic heterocycles. The number of hydrogen-bond acceptors (Lipinski definition) is 3. The monoisotopic (exact) mass is 404 g/mol. The molecule has 2 N–H and O–H groups in total. The molecule has 5 heteroatoms. The zero-order valence-electron chi connectivity index (χ0n) is 16.5. The van der Waals surface area contributed by atoms with Gasteiger partial charge in [0.1, 0.15) is 0 Å². The van der Waals surface area contributed by atoms with E-state index in [0.29, 0.717) is 5.92 Å². The lowest BCUT2D eigenvalue weighted by molar-refractivity contribution is -0.126. The Bertz CT molecular complexity index is 1010. The summed E-state index contributed by atoms with van der Waals surface area (Å²) in [6, 6.07) is 19.7. The van der Waals surface area contributed by atoms with E-state index >= 15 is 0 Å². The van der Waals surface area contributed by atoms with E-state index in [-0.39, 0.29) is 24.3 Å². The van der Waals surface area contributed by atoms with Gasteiger partial charge < -0.3 is 10.6 Å². The number of rotatable bonds is 5. The smallest absolute Gasteiger partial charge is 0.228 e. The molecule has 1 aliphatic rings. The second kappa shape index (κ2) is 8.21. The van der Waals surface area contributed by atoms with Gasteiger partial charge in [0, 0.05) is 17.0 Å². The molecule has 0 radical (unpaired) electrons. The van der Waals surface area contributed by atoms with E-state index in [1.165, 1.54) is 5.56 Å². The van der Waals surface area contributed by atoms with Crippen LogP contribution >= 0.6 is 11.3 Å². The SMILES string of the molecule is CC(C)c1ccc(C(NC(=O)C2CC(=O)Nc3ccccc32)c2cccs2)cc1. The van der Waals surface area contributed by atoms with Gasteiger partial charge in [0.05, 0.1) is 12.0 Å². The highest BCUT2D eigenvalue weighted by molar-refractivity contribution is 7.10. The Kier molecular flexibility index (Phi) is 5.49. The largest absolute Gasteiger partial charge is 0.344 e. The Morgan fingerprint density at radius 1 is 1.03 bits per heavy atom. The van der Waals surface area contributed by atoms with Crippen LogP contribution in [0.25, 0.3) is 0 Å². The minimum Gasteiger partial charge on any atom is -0.344 e. The number of carbonyl (C=O) groups is 2. The third-order valence-corrected chi connectivity index (χ3v) is 6.30. The first-order chi connectivity index (χ1) is 14.0. The molecule has 2 unspecified atom stereocenters. The quantitative estimate of drug-likeness (QED) is 0.614. The van der Waals surface area contributed by atoms with Crippen molar-refractivity contribution in [3.05, 3.63) is 87.6 Å². The molecule has 2 heterocycles. The van der Waals surface area contributed by atoms with E-state index in [0.717, 1.165) is 21.7 Å². The molecule has 2 atom stereocenters. The maximum Gasteiger partial charge on any atom is 0.228 e. The van der Waals surface area contributed by atoms with Crippen LogP contribution in [0.2, 0.25) is 0 Å². The minimum atomic E-state index is -0.489. The highest BCUT2D eigenvalue weighted by Crippen LogP contribution is 2.34. The summed E-state index contributed by atoms with van der Waals surface area (Å²) in [6.45, 7) is 4.33. The predicted molar refractivity (Wildman–Crippen MR) is 117 cm³/mol. The van der Waals surface area contributed by atoms with E-state index in [4.69, 9.17) is 0 Å². The molecule has 4 nitrogen and oxygen atoms in total. The molecule has 0 saturated heterocycles. The Hall–Kier alpha value is -2.92. The number of benzene rings is 2. The standard InChI is InChI=1S/C24H24N2O2S/c1-15(2)16-9-11-17(12-10-16)23(21-8-5-13-29-21)26-24(28)19-14-22(27)25-20-7-4-3-6-18(19)20/h3-13,15,19,23H,14H2,1-2H3,(H,25,27)(H,26,28). The number of carbonyl (C=O) groups excluding carboxylic acids is 2.